The van der Waals surface area contributed by atoms with Crippen molar-refractivity contribution in [2.75, 3.05) is 13.7 Å². The topological polar surface area (TPSA) is 35.2 Å². The van der Waals surface area contributed by atoms with Crippen molar-refractivity contribution in [1.29, 1.82) is 0 Å². The van der Waals surface area contributed by atoms with E-state index in [1.165, 1.54) is 31.2 Å². The van der Waals surface area contributed by atoms with Gasteiger partial charge in [0.05, 0.1) is 7.11 Å². The lowest BCUT2D eigenvalue weighted by atomic mass is 9.94. The second-order valence-corrected chi connectivity index (χ2v) is 4.70. The minimum Gasteiger partial charge on any atom is -0.496 e. The fraction of sp³-hybridized carbons (Fsp3) is 0.571. The van der Waals surface area contributed by atoms with Gasteiger partial charge in [0.15, 0.2) is 0 Å². The average molecular weight is 219 g/mol. The molecule has 0 radical (unpaired) electrons. The molecule has 16 heavy (non-hydrogen) atoms. The summed E-state index contributed by atoms with van der Waals surface area (Å²) in [6, 6.07) is 8.41. The molecule has 0 aliphatic heterocycles. The Bertz CT molecular complexity index is 337. The molecule has 0 spiro atoms. The number of benzene rings is 1. The molecule has 0 saturated heterocycles. The van der Waals surface area contributed by atoms with Gasteiger partial charge >= 0.3 is 0 Å². The summed E-state index contributed by atoms with van der Waals surface area (Å²) < 4.78 is 5.43. The van der Waals surface area contributed by atoms with Crippen LogP contribution in [0.1, 0.15) is 37.2 Å². The van der Waals surface area contributed by atoms with Gasteiger partial charge in [-0.3, -0.25) is 0 Å². The van der Waals surface area contributed by atoms with Gasteiger partial charge in [0.2, 0.25) is 0 Å². The number of para-hydroxylation sites is 1. The summed E-state index contributed by atoms with van der Waals surface area (Å²) in [5.74, 6) is 2.54. The highest BCUT2D eigenvalue weighted by Gasteiger charge is 2.26. The molecule has 88 valence electrons. The molecule has 1 saturated carbocycles. The lowest BCUT2D eigenvalue weighted by Crippen LogP contribution is -2.06. The number of methoxy groups -OCH3 is 1. The minimum atomic E-state index is 0.674. The third kappa shape index (κ3) is 2.38. The Balaban J connectivity index is 2.08. The number of rotatable bonds is 4. The zero-order chi connectivity index (χ0) is 11.4. The van der Waals surface area contributed by atoms with Crippen molar-refractivity contribution in [1.82, 2.24) is 0 Å². The Morgan fingerprint density at radius 1 is 1.31 bits per heavy atom. The molecule has 1 aromatic rings. The molecule has 0 amide bonds. The van der Waals surface area contributed by atoms with Crippen LogP contribution in [0.25, 0.3) is 0 Å². The summed E-state index contributed by atoms with van der Waals surface area (Å²) in [7, 11) is 1.76. The summed E-state index contributed by atoms with van der Waals surface area (Å²) in [4.78, 5) is 0. The highest BCUT2D eigenvalue weighted by molar-refractivity contribution is 5.36. The van der Waals surface area contributed by atoms with Crippen molar-refractivity contribution in [3.63, 3.8) is 0 Å². The lowest BCUT2D eigenvalue weighted by molar-refractivity contribution is 0.404. The number of ether oxygens (including phenoxy) is 1. The third-order valence-electron chi connectivity index (χ3n) is 3.69. The van der Waals surface area contributed by atoms with Crippen molar-refractivity contribution >= 4 is 0 Å². The van der Waals surface area contributed by atoms with Gasteiger partial charge in [-0.15, -0.1) is 0 Å². The largest absolute Gasteiger partial charge is 0.496 e. The first kappa shape index (κ1) is 11.5. The van der Waals surface area contributed by atoms with E-state index in [1.807, 2.05) is 6.07 Å². The summed E-state index contributed by atoms with van der Waals surface area (Å²) in [5.41, 5.74) is 7.00. The summed E-state index contributed by atoms with van der Waals surface area (Å²) in [6.45, 7) is 0.823. The molecule has 2 heteroatoms. The van der Waals surface area contributed by atoms with Crippen LogP contribution in [-0.4, -0.2) is 13.7 Å². The Morgan fingerprint density at radius 3 is 2.88 bits per heavy atom. The van der Waals surface area contributed by atoms with Crippen LogP contribution in [0.5, 0.6) is 5.75 Å². The molecule has 2 atom stereocenters. The monoisotopic (exact) mass is 219 g/mol. The van der Waals surface area contributed by atoms with E-state index in [0.717, 1.165) is 18.2 Å². The highest BCUT2D eigenvalue weighted by Crippen LogP contribution is 2.42. The Kier molecular flexibility index (Phi) is 3.83. The van der Waals surface area contributed by atoms with Crippen molar-refractivity contribution in [3.8, 4) is 5.75 Å². The zero-order valence-corrected chi connectivity index (χ0v) is 9.99. The smallest absolute Gasteiger partial charge is 0.122 e. The first-order valence-corrected chi connectivity index (χ1v) is 6.18. The van der Waals surface area contributed by atoms with Crippen LogP contribution in [0, 0.1) is 5.92 Å². The van der Waals surface area contributed by atoms with Crippen molar-refractivity contribution in [2.24, 2.45) is 11.7 Å². The van der Waals surface area contributed by atoms with Crippen LogP contribution in [0.3, 0.4) is 0 Å². The fourth-order valence-electron chi connectivity index (χ4n) is 2.86. The maximum absolute atomic E-state index is 5.62. The van der Waals surface area contributed by atoms with Gasteiger partial charge in [-0.25, -0.2) is 0 Å². The van der Waals surface area contributed by atoms with Crippen LogP contribution in [0.15, 0.2) is 24.3 Å². The zero-order valence-electron chi connectivity index (χ0n) is 9.99. The minimum absolute atomic E-state index is 0.674. The summed E-state index contributed by atoms with van der Waals surface area (Å²) in [6.07, 6.45) is 5.05. The van der Waals surface area contributed by atoms with Gasteiger partial charge in [-0.2, -0.15) is 0 Å². The second kappa shape index (κ2) is 5.35. The first-order chi connectivity index (χ1) is 7.85. The van der Waals surface area contributed by atoms with Gasteiger partial charge in [0, 0.05) is 0 Å². The maximum atomic E-state index is 5.62. The average Bonchev–Trinajstić information content (AvgIpc) is 2.78. The molecule has 2 N–H and O–H groups in total. The van der Waals surface area contributed by atoms with E-state index < -0.39 is 0 Å². The van der Waals surface area contributed by atoms with Crippen molar-refractivity contribution in [2.45, 2.75) is 31.6 Å². The van der Waals surface area contributed by atoms with E-state index in [9.17, 15) is 0 Å². The molecule has 0 heterocycles. The Hall–Kier alpha value is -1.02. The van der Waals surface area contributed by atoms with Crippen LogP contribution in [0.4, 0.5) is 0 Å². The van der Waals surface area contributed by atoms with E-state index in [1.54, 1.807) is 7.11 Å². The van der Waals surface area contributed by atoms with Crippen LogP contribution in [0.2, 0.25) is 0 Å². The number of hydrogen-bond donors (Lipinski definition) is 1. The first-order valence-electron chi connectivity index (χ1n) is 6.18. The quantitative estimate of drug-likeness (QED) is 0.845. The Labute approximate surface area is 97.8 Å². The van der Waals surface area contributed by atoms with E-state index in [4.69, 9.17) is 10.5 Å². The molecule has 2 unspecified atom stereocenters. The molecule has 1 aliphatic carbocycles. The molecule has 1 aliphatic rings. The van der Waals surface area contributed by atoms with E-state index >= 15 is 0 Å². The molecule has 2 nitrogen and oxygen atoms in total. The maximum Gasteiger partial charge on any atom is 0.122 e. The van der Waals surface area contributed by atoms with Crippen molar-refractivity contribution < 1.29 is 4.74 Å². The lowest BCUT2D eigenvalue weighted by Gasteiger charge is -2.14. The van der Waals surface area contributed by atoms with Gasteiger partial charge in [-0.1, -0.05) is 18.2 Å². The summed E-state index contributed by atoms with van der Waals surface area (Å²) in [5, 5.41) is 0. The molecule has 0 aromatic heterocycles. The van der Waals surface area contributed by atoms with Gasteiger partial charge in [-0.05, 0) is 55.7 Å². The normalized spacial score (nSPS) is 24.6. The van der Waals surface area contributed by atoms with Crippen molar-refractivity contribution in [3.05, 3.63) is 29.8 Å². The van der Waals surface area contributed by atoms with Crippen LogP contribution in [-0.2, 0) is 0 Å². The van der Waals surface area contributed by atoms with E-state index in [-0.39, 0.29) is 0 Å². The van der Waals surface area contributed by atoms with Gasteiger partial charge in [0.25, 0.3) is 0 Å². The predicted molar refractivity (Wildman–Crippen MR) is 66.7 cm³/mol. The second-order valence-electron chi connectivity index (χ2n) is 4.70. The molecule has 1 aromatic carbocycles. The molecular formula is C14H21NO. The SMILES string of the molecule is COc1ccccc1C1CCC(CCN)C1. The number of hydrogen-bond acceptors (Lipinski definition) is 2. The predicted octanol–water partition coefficient (Wildman–Crippen LogP) is 2.93. The molecule has 0 bridgehead atoms. The van der Waals surface area contributed by atoms with Gasteiger partial charge in [0.1, 0.15) is 5.75 Å². The molecular weight excluding hydrogens is 198 g/mol. The van der Waals surface area contributed by atoms with Gasteiger partial charge < -0.3 is 10.5 Å². The van der Waals surface area contributed by atoms with Crippen LogP contribution < -0.4 is 10.5 Å². The van der Waals surface area contributed by atoms with Crippen LogP contribution >= 0.6 is 0 Å². The van der Waals surface area contributed by atoms with E-state index in [0.29, 0.717) is 5.92 Å². The summed E-state index contributed by atoms with van der Waals surface area (Å²) >= 11 is 0. The van der Waals surface area contributed by atoms with E-state index in [2.05, 4.69) is 18.2 Å². The third-order valence-corrected chi connectivity index (χ3v) is 3.69. The fourth-order valence-corrected chi connectivity index (χ4v) is 2.86. The Morgan fingerprint density at radius 2 is 2.12 bits per heavy atom. The number of nitrogens with two attached hydrogens (primary N) is 1. The molecule has 1 fully saturated rings. The molecule has 2 rings (SSSR count). The highest BCUT2D eigenvalue weighted by atomic mass is 16.5. The standard InChI is InChI=1S/C14H21NO/c1-16-14-5-3-2-4-13(14)12-7-6-11(10-12)8-9-15/h2-5,11-12H,6-10,15H2,1H3.